The van der Waals surface area contributed by atoms with Crippen molar-refractivity contribution in [2.75, 3.05) is 24.6 Å². The molecule has 2 atom stereocenters. The van der Waals surface area contributed by atoms with Crippen LogP contribution in [0.25, 0.3) is 22.6 Å². The van der Waals surface area contributed by atoms with Crippen LogP contribution in [0.1, 0.15) is 48.8 Å². The van der Waals surface area contributed by atoms with Crippen LogP contribution >= 0.6 is 0 Å². The van der Waals surface area contributed by atoms with Crippen LogP contribution in [0.2, 0.25) is 0 Å². The van der Waals surface area contributed by atoms with Crippen LogP contribution in [0.4, 0.5) is 10.6 Å². The van der Waals surface area contributed by atoms with Crippen LogP contribution in [0.5, 0.6) is 0 Å². The average molecular weight is 560 g/mol. The number of aromatic nitrogens is 7. The third kappa shape index (κ3) is 5.80. The predicted molar refractivity (Wildman–Crippen MR) is 150 cm³/mol. The molecule has 13 heteroatoms. The molecule has 1 fully saturated rings. The van der Waals surface area contributed by atoms with E-state index in [4.69, 9.17) is 9.47 Å². The lowest BCUT2D eigenvalue weighted by Crippen LogP contribution is -2.49. The molecule has 1 aliphatic heterocycles. The molecular formula is C28H33N9O4. The Labute approximate surface area is 237 Å². The zero-order chi connectivity index (χ0) is 28.9. The molecule has 0 spiro atoms. The van der Waals surface area contributed by atoms with Gasteiger partial charge in [-0.05, 0) is 79.9 Å². The van der Waals surface area contributed by atoms with Crippen molar-refractivity contribution in [2.24, 2.45) is 7.05 Å². The molecule has 0 unspecified atom stereocenters. The maximum Gasteiger partial charge on any atom is 0.510 e. The first-order chi connectivity index (χ1) is 19.9. The molecule has 1 aromatic carbocycles. The van der Waals surface area contributed by atoms with Crippen LogP contribution in [0.15, 0.2) is 48.8 Å². The van der Waals surface area contributed by atoms with E-state index in [2.05, 4.69) is 30.9 Å². The number of benzene rings is 1. The van der Waals surface area contributed by atoms with Gasteiger partial charge in [-0.2, -0.15) is 9.78 Å². The standard InChI is InChI=1S/C28H33N9O4/c1-5-40-28(39)41-19(3)37-26(32-33-34-37)24-23(17-31-35(24)4)20-10-12-21(13-11-20)27(38)36(22-9-7-14-29-16-22)25-18(2)8-6-15-30-25/h6,8,10-13,15,17,19,22,29H,5,7,9,14,16H2,1-4H3/t19-,22+/m0/s1. The fourth-order valence-electron chi connectivity index (χ4n) is 5.00. The second-order valence-corrected chi connectivity index (χ2v) is 9.77. The third-order valence-corrected chi connectivity index (χ3v) is 7.02. The van der Waals surface area contributed by atoms with E-state index in [1.807, 2.05) is 48.2 Å². The fraction of sp³-hybridized carbons (Fsp3) is 0.393. The number of amides is 1. The summed E-state index contributed by atoms with van der Waals surface area (Å²) < 4.78 is 13.2. The molecule has 214 valence electrons. The Morgan fingerprint density at radius 2 is 2.02 bits per heavy atom. The molecule has 0 aliphatic carbocycles. The van der Waals surface area contributed by atoms with E-state index in [1.165, 1.54) is 4.68 Å². The number of carbonyl (C=O) groups is 2. The summed E-state index contributed by atoms with van der Waals surface area (Å²) in [4.78, 5) is 32.2. The number of nitrogens with zero attached hydrogens (tertiary/aromatic N) is 8. The van der Waals surface area contributed by atoms with Gasteiger partial charge in [-0.25, -0.2) is 9.78 Å². The van der Waals surface area contributed by atoms with Crippen molar-refractivity contribution < 1.29 is 19.1 Å². The number of tetrazole rings is 1. The minimum Gasteiger partial charge on any atom is -0.435 e. The topological polar surface area (TPSA) is 142 Å². The highest BCUT2D eigenvalue weighted by Gasteiger charge is 2.30. The number of rotatable bonds is 8. The van der Waals surface area contributed by atoms with Crippen molar-refractivity contribution in [3.05, 3.63) is 59.9 Å². The van der Waals surface area contributed by atoms with Crippen molar-refractivity contribution >= 4 is 17.9 Å². The lowest BCUT2D eigenvalue weighted by atomic mass is 10.0. The molecule has 1 N–H and O–H groups in total. The maximum atomic E-state index is 13.9. The number of nitrogens with one attached hydrogen (secondary N) is 1. The highest BCUT2D eigenvalue weighted by molar-refractivity contribution is 6.06. The van der Waals surface area contributed by atoms with Gasteiger partial charge in [-0.15, -0.1) is 5.10 Å². The smallest absolute Gasteiger partial charge is 0.435 e. The zero-order valence-electron chi connectivity index (χ0n) is 23.5. The minimum absolute atomic E-state index is 0.00660. The number of hydrogen-bond donors (Lipinski definition) is 1. The SMILES string of the molecule is CCOC(=O)O[C@@H](C)n1nnnc1-c1c(-c2ccc(C(=O)N(c3ncccc3C)[C@@H]3CCCNC3)cc2)cnn1C. The van der Waals surface area contributed by atoms with Gasteiger partial charge in [0.1, 0.15) is 11.5 Å². The number of ether oxygens (including phenoxy) is 2. The van der Waals surface area contributed by atoms with Crippen molar-refractivity contribution in [1.82, 2.24) is 40.3 Å². The summed E-state index contributed by atoms with van der Waals surface area (Å²) in [5, 5.41) is 19.8. The lowest BCUT2D eigenvalue weighted by molar-refractivity contribution is 0.00140. The van der Waals surface area contributed by atoms with Crippen LogP contribution in [-0.2, 0) is 16.5 Å². The molecule has 1 saturated heterocycles. The van der Waals surface area contributed by atoms with E-state index >= 15 is 0 Å². The number of aryl methyl sites for hydroxylation is 2. The van der Waals surface area contributed by atoms with Crippen LogP contribution in [0.3, 0.4) is 0 Å². The van der Waals surface area contributed by atoms with Gasteiger partial charge in [-0.1, -0.05) is 18.2 Å². The van der Waals surface area contributed by atoms with Gasteiger partial charge in [0, 0.05) is 30.9 Å². The number of hydrogen-bond acceptors (Lipinski definition) is 10. The molecule has 4 aromatic rings. The summed E-state index contributed by atoms with van der Waals surface area (Å²) in [6, 6.07) is 11.2. The number of pyridine rings is 1. The van der Waals surface area contributed by atoms with Gasteiger partial charge in [0.25, 0.3) is 5.91 Å². The molecule has 1 aliphatic rings. The van der Waals surface area contributed by atoms with Gasteiger partial charge in [0.2, 0.25) is 5.82 Å². The Balaban J connectivity index is 1.44. The first kappa shape index (κ1) is 27.9. The highest BCUT2D eigenvalue weighted by Crippen LogP contribution is 2.32. The molecule has 1 amide bonds. The minimum atomic E-state index is -0.822. The van der Waals surface area contributed by atoms with Crippen LogP contribution in [0, 0.1) is 6.92 Å². The summed E-state index contributed by atoms with van der Waals surface area (Å²) in [7, 11) is 1.78. The summed E-state index contributed by atoms with van der Waals surface area (Å²) in [6.45, 7) is 7.15. The van der Waals surface area contributed by atoms with Crippen LogP contribution in [-0.4, -0.2) is 72.8 Å². The Morgan fingerprint density at radius 1 is 1.22 bits per heavy atom. The quantitative estimate of drug-likeness (QED) is 0.319. The van der Waals surface area contributed by atoms with Gasteiger partial charge < -0.3 is 14.8 Å². The molecule has 13 nitrogen and oxygen atoms in total. The molecule has 3 aromatic heterocycles. The van der Waals surface area contributed by atoms with E-state index in [-0.39, 0.29) is 18.6 Å². The van der Waals surface area contributed by atoms with Crippen molar-refractivity contribution in [1.29, 1.82) is 0 Å². The normalized spacial score (nSPS) is 15.8. The Kier molecular flexibility index (Phi) is 8.34. The van der Waals surface area contributed by atoms with E-state index < -0.39 is 12.4 Å². The van der Waals surface area contributed by atoms with E-state index in [1.54, 1.807) is 38.0 Å². The van der Waals surface area contributed by atoms with Crippen molar-refractivity contribution in [3.8, 4) is 22.6 Å². The van der Waals surface area contributed by atoms with Gasteiger partial charge in [0.15, 0.2) is 6.23 Å². The Hall–Kier alpha value is -4.65. The van der Waals surface area contributed by atoms with E-state index in [9.17, 15) is 9.59 Å². The first-order valence-corrected chi connectivity index (χ1v) is 13.6. The summed E-state index contributed by atoms with van der Waals surface area (Å²) in [5.41, 5.74) is 3.68. The summed E-state index contributed by atoms with van der Waals surface area (Å²) in [6.07, 6.45) is 3.69. The Bertz CT molecular complexity index is 1510. The van der Waals surface area contributed by atoms with Gasteiger partial charge >= 0.3 is 6.16 Å². The summed E-state index contributed by atoms with van der Waals surface area (Å²) >= 11 is 0. The maximum absolute atomic E-state index is 13.9. The van der Waals surface area contributed by atoms with Crippen LogP contribution < -0.4 is 10.2 Å². The van der Waals surface area contributed by atoms with Crippen molar-refractivity contribution in [3.63, 3.8) is 0 Å². The van der Waals surface area contributed by atoms with Gasteiger partial charge in [-0.3, -0.25) is 14.4 Å². The molecule has 41 heavy (non-hydrogen) atoms. The largest absolute Gasteiger partial charge is 0.510 e. The second-order valence-electron chi connectivity index (χ2n) is 9.77. The summed E-state index contributed by atoms with van der Waals surface area (Å²) in [5.74, 6) is 0.932. The average Bonchev–Trinajstić information content (AvgIpc) is 3.61. The fourth-order valence-corrected chi connectivity index (χ4v) is 5.00. The number of anilines is 1. The van der Waals surface area contributed by atoms with E-state index in [0.717, 1.165) is 36.1 Å². The lowest BCUT2D eigenvalue weighted by Gasteiger charge is -2.34. The number of carbonyl (C=O) groups excluding carboxylic acids is 2. The third-order valence-electron chi connectivity index (χ3n) is 7.02. The van der Waals surface area contributed by atoms with Crippen molar-refractivity contribution in [2.45, 2.75) is 45.9 Å². The second kappa shape index (κ2) is 12.3. The predicted octanol–water partition coefficient (Wildman–Crippen LogP) is 3.53. The molecule has 5 rings (SSSR count). The van der Waals surface area contributed by atoms with Gasteiger partial charge in [0.05, 0.1) is 18.8 Å². The van der Waals surface area contributed by atoms with E-state index in [0.29, 0.717) is 29.4 Å². The molecular weight excluding hydrogens is 526 g/mol. The molecule has 4 heterocycles. The number of piperidine rings is 1. The molecule has 0 saturated carbocycles. The molecule has 0 bridgehead atoms. The highest BCUT2D eigenvalue weighted by atomic mass is 16.7. The monoisotopic (exact) mass is 559 g/mol. The zero-order valence-corrected chi connectivity index (χ0v) is 23.5. The Morgan fingerprint density at radius 3 is 2.73 bits per heavy atom. The molecule has 0 radical (unpaired) electrons. The first-order valence-electron chi connectivity index (χ1n) is 13.6.